The summed E-state index contributed by atoms with van der Waals surface area (Å²) in [6, 6.07) is 5.09. The van der Waals surface area contributed by atoms with Crippen molar-refractivity contribution in [2.45, 2.75) is 19.4 Å². The topological polar surface area (TPSA) is 21.3 Å². The summed E-state index contributed by atoms with van der Waals surface area (Å²) < 4.78 is 18.9. The second-order valence-corrected chi connectivity index (χ2v) is 5.90. The minimum Gasteiger partial charge on any atom is -0.497 e. The van der Waals surface area contributed by atoms with Gasteiger partial charge in [0.05, 0.1) is 7.11 Å². The quantitative estimate of drug-likeness (QED) is 0.886. The van der Waals surface area contributed by atoms with Crippen LogP contribution in [-0.4, -0.2) is 25.2 Å². The number of halogens is 1. The van der Waals surface area contributed by atoms with E-state index in [2.05, 4.69) is 5.32 Å². The summed E-state index contributed by atoms with van der Waals surface area (Å²) in [6.45, 7) is 2.98. The van der Waals surface area contributed by atoms with Crippen molar-refractivity contribution in [2.75, 3.05) is 25.2 Å². The van der Waals surface area contributed by atoms with Gasteiger partial charge in [0.2, 0.25) is 0 Å². The van der Waals surface area contributed by atoms with Crippen LogP contribution in [0.3, 0.4) is 0 Å². The average molecular weight is 269 g/mol. The van der Waals surface area contributed by atoms with Gasteiger partial charge in [-0.15, -0.1) is 0 Å². The summed E-state index contributed by atoms with van der Waals surface area (Å²) in [5, 5.41) is 3.42. The zero-order valence-electron chi connectivity index (χ0n) is 10.9. The molecular weight excluding hydrogens is 249 g/mol. The first-order chi connectivity index (χ1) is 8.70. The second kappa shape index (κ2) is 6.43. The monoisotopic (exact) mass is 269 g/mol. The maximum Gasteiger partial charge on any atom is 0.131 e. The van der Waals surface area contributed by atoms with Gasteiger partial charge in [-0.3, -0.25) is 0 Å². The van der Waals surface area contributed by atoms with Crippen LogP contribution in [0.5, 0.6) is 5.75 Å². The minimum absolute atomic E-state index is 0.0431. The first-order valence-electron chi connectivity index (χ1n) is 6.35. The molecule has 2 nitrogen and oxygen atoms in total. The van der Waals surface area contributed by atoms with Crippen molar-refractivity contribution in [3.63, 3.8) is 0 Å². The summed E-state index contributed by atoms with van der Waals surface area (Å²) >= 11 is 2.01. The number of hydrogen-bond acceptors (Lipinski definition) is 3. The highest BCUT2D eigenvalue weighted by atomic mass is 32.2. The van der Waals surface area contributed by atoms with E-state index in [4.69, 9.17) is 4.74 Å². The Kier molecular flexibility index (Phi) is 4.89. The van der Waals surface area contributed by atoms with Crippen molar-refractivity contribution in [1.29, 1.82) is 0 Å². The predicted octanol–water partition coefficient (Wildman–Crippen LogP) is 3.24. The summed E-state index contributed by atoms with van der Waals surface area (Å²) in [5.41, 5.74) is 0.710. The molecule has 4 heteroatoms. The minimum atomic E-state index is -0.199. The third kappa shape index (κ3) is 3.39. The Morgan fingerprint density at radius 3 is 3.00 bits per heavy atom. The summed E-state index contributed by atoms with van der Waals surface area (Å²) in [4.78, 5) is 0. The van der Waals surface area contributed by atoms with Gasteiger partial charge < -0.3 is 10.1 Å². The molecule has 0 amide bonds. The molecule has 100 valence electrons. The number of rotatable bonds is 5. The molecule has 1 saturated heterocycles. The van der Waals surface area contributed by atoms with Crippen LogP contribution in [0.25, 0.3) is 0 Å². The summed E-state index contributed by atoms with van der Waals surface area (Å²) in [6.07, 6.45) is 1.27. The molecule has 0 bridgehead atoms. The molecule has 2 rings (SSSR count). The van der Waals surface area contributed by atoms with E-state index in [9.17, 15) is 4.39 Å². The molecule has 0 aliphatic carbocycles. The fourth-order valence-corrected chi connectivity index (χ4v) is 3.47. The first-order valence-corrected chi connectivity index (χ1v) is 7.50. The zero-order chi connectivity index (χ0) is 13.0. The number of methoxy groups -OCH3 is 1. The molecule has 1 fully saturated rings. The van der Waals surface area contributed by atoms with Gasteiger partial charge in [-0.2, -0.15) is 11.8 Å². The lowest BCUT2D eigenvalue weighted by Gasteiger charge is -2.18. The van der Waals surface area contributed by atoms with E-state index in [-0.39, 0.29) is 11.9 Å². The van der Waals surface area contributed by atoms with Gasteiger partial charge in [-0.1, -0.05) is 6.07 Å². The highest BCUT2D eigenvalue weighted by Gasteiger charge is 2.17. The van der Waals surface area contributed by atoms with Gasteiger partial charge >= 0.3 is 0 Å². The Labute approximate surface area is 112 Å². The number of thioether (sulfide) groups is 1. The second-order valence-electron chi connectivity index (χ2n) is 4.75. The van der Waals surface area contributed by atoms with Crippen LogP contribution in [0, 0.1) is 11.7 Å². The van der Waals surface area contributed by atoms with Crippen molar-refractivity contribution >= 4 is 11.8 Å². The molecule has 2 unspecified atom stereocenters. The summed E-state index contributed by atoms with van der Waals surface area (Å²) in [7, 11) is 1.55. The van der Waals surface area contributed by atoms with Crippen LogP contribution >= 0.6 is 11.8 Å². The third-order valence-corrected chi connectivity index (χ3v) is 4.64. The molecular formula is C14H20FNOS. The van der Waals surface area contributed by atoms with E-state index in [0.717, 1.165) is 12.5 Å². The van der Waals surface area contributed by atoms with Gasteiger partial charge in [-0.05, 0) is 43.4 Å². The number of nitrogens with one attached hydrogen (secondary N) is 1. The highest BCUT2D eigenvalue weighted by molar-refractivity contribution is 7.99. The van der Waals surface area contributed by atoms with E-state index in [1.54, 1.807) is 13.2 Å². The maximum absolute atomic E-state index is 13.9. The van der Waals surface area contributed by atoms with Crippen molar-refractivity contribution in [1.82, 2.24) is 5.32 Å². The molecule has 1 aromatic rings. The van der Waals surface area contributed by atoms with Crippen molar-refractivity contribution < 1.29 is 9.13 Å². The van der Waals surface area contributed by atoms with E-state index in [1.807, 2.05) is 24.8 Å². The van der Waals surface area contributed by atoms with Crippen LogP contribution in [0.1, 0.15) is 24.9 Å². The van der Waals surface area contributed by atoms with Gasteiger partial charge in [-0.25, -0.2) is 4.39 Å². The van der Waals surface area contributed by atoms with Crippen molar-refractivity contribution in [3.8, 4) is 5.75 Å². The molecule has 1 N–H and O–H groups in total. The fourth-order valence-electron chi connectivity index (χ4n) is 2.18. The Morgan fingerprint density at radius 2 is 2.39 bits per heavy atom. The number of hydrogen-bond donors (Lipinski definition) is 1. The van der Waals surface area contributed by atoms with E-state index in [1.165, 1.54) is 24.0 Å². The number of ether oxygens (including phenoxy) is 1. The van der Waals surface area contributed by atoms with Crippen molar-refractivity contribution in [2.24, 2.45) is 5.92 Å². The Balaban J connectivity index is 1.93. The first kappa shape index (κ1) is 13.7. The molecule has 0 radical (unpaired) electrons. The third-order valence-electron chi connectivity index (χ3n) is 3.41. The SMILES string of the molecule is COc1ccc(C(C)NCC2CCSC2)c(F)c1. The largest absolute Gasteiger partial charge is 0.497 e. The lowest BCUT2D eigenvalue weighted by Crippen LogP contribution is -2.26. The van der Waals surface area contributed by atoms with Crippen LogP contribution in [-0.2, 0) is 0 Å². The lowest BCUT2D eigenvalue weighted by atomic mass is 10.1. The van der Waals surface area contributed by atoms with Crippen LogP contribution in [0.2, 0.25) is 0 Å². The van der Waals surface area contributed by atoms with Crippen LogP contribution < -0.4 is 10.1 Å². The zero-order valence-corrected chi connectivity index (χ0v) is 11.7. The van der Waals surface area contributed by atoms with E-state index < -0.39 is 0 Å². The van der Waals surface area contributed by atoms with Gasteiger partial charge in [0, 0.05) is 17.7 Å². The van der Waals surface area contributed by atoms with Gasteiger partial charge in [0.1, 0.15) is 11.6 Å². The Morgan fingerprint density at radius 1 is 1.56 bits per heavy atom. The molecule has 1 aliphatic heterocycles. The molecule has 1 aromatic carbocycles. The summed E-state index contributed by atoms with van der Waals surface area (Å²) in [5.74, 6) is 3.59. The Hall–Kier alpha value is -0.740. The molecule has 0 saturated carbocycles. The van der Waals surface area contributed by atoms with Crippen molar-refractivity contribution in [3.05, 3.63) is 29.6 Å². The van der Waals surface area contributed by atoms with Gasteiger partial charge in [0.15, 0.2) is 0 Å². The molecule has 18 heavy (non-hydrogen) atoms. The van der Waals surface area contributed by atoms with Gasteiger partial charge in [0.25, 0.3) is 0 Å². The highest BCUT2D eigenvalue weighted by Crippen LogP contribution is 2.25. The molecule has 0 spiro atoms. The average Bonchev–Trinajstić information content (AvgIpc) is 2.88. The molecule has 2 atom stereocenters. The Bertz CT molecular complexity index is 393. The number of benzene rings is 1. The molecule has 1 aliphatic rings. The van der Waals surface area contributed by atoms with E-state index >= 15 is 0 Å². The smallest absolute Gasteiger partial charge is 0.131 e. The standard InChI is InChI=1S/C14H20FNOS/c1-10(16-8-11-5-6-18-9-11)13-4-3-12(17-2)7-14(13)15/h3-4,7,10-11,16H,5-6,8-9H2,1-2H3. The van der Waals surface area contributed by atoms with E-state index in [0.29, 0.717) is 11.3 Å². The fraction of sp³-hybridized carbons (Fsp3) is 0.571. The normalized spacial score (nSPS) is 20.9. The maximum atomic E-state index is 13.9. The van der Waals surface area contributed by atoms with Crippen LogP contribution in [0.15, 0.2) is 18.2 Å². The molecule has 1 heterocycles. The van der Waals surface area contributed by atoms with Crippen LogP contribution in [0.4, 0.5) is 4.39 Å². The lowest BCUT2D eigenvalue weighted by molar-refractivity contribution is 0.408. The predicted molar refractivity (Wildman–Crippen MR) is 74.8 cm³/mol. The molecule has 0 aromatic heterocycles.